The third-order valence-corrected chi connectivity index (χ3v) is 4.39. The van der Waals surface area contributed by atoms with Gasteiger partial charge < -0.3 is 16.4 Å². The highest BCUT2D eigenvalue weighted by molar-refractivity contribution is 5.87. The molecule has 1 aliphatic rings. The zero-order valence-electron chi connectivity index (χ0n) is 12.4. The maximum atomic E-state index is 12.7. The second-order valence-corrected chi connectivity index (χ2v) is 6.06. The summed E-state index contributed by atoms with van der Waals surface area (Å²) < 4.78 is 0. The van der Waals surface area contributed by atoms with E-state index in [1.165, 1.54) is 0 Å². The Morgan fingerprint density at radius 2 is 1.85 bits per heavy atom. The predicted molar refractivity (Wildman–Crippen MR) is 80.9 cm³/mol. The number of carbonyl (C=O) groups excluding carboxylic acids is 1. The van der Waals surface area contributed by atoms with Crippen LogP contribution < -0.4 is 11.5 Å². The molecule has 2 unspecified atom stereocenters. The summed E-state index contributed by atoms with van der Waals surface area (Å²) in [5.41, 5.74) is 12.1. The van der Waals surface area contributed by atoms with E-state index >= 15 is 0 Å². The summed E-state index contributed by atoms with van der Waals surface area (Å²) in [7, 11) is 0. The Morgan fingerprint density at radius 1 is 1.30 bits per heavy atom. The molecule has 0 spiro atoms. The minimum Gasteiger partial charge on any atom is -0.341 e. The molecule has 0 bridgehead atoms. The van der Waals surface area contributed by atoms with Gasteiger partial charge in [0, 0.05) is 19.1 Å². The Kier molecular flexibility index (Phi) is 4.45. The maximum Gasteiger partial charge on any atom is 0.246 e. The lowest BCUT2D eigenvalue weighted by Gasteiger charge is -2.38. The molecule has 4 N–H and O–H groups in total. The fourth-order valence-corrected chi connectivity index (χ4v) is 2.86. The van der Waals surface area contributed by atoms with Gasteiger partial charge in [-0.25, -0.2) is 0 Å². The number of piperidine rings is 1. The number of nitrogens with two attached hydrogens (primary N) is 2. The largest absolute Gasteiger partial charge is 0.341 e. The van der Waals surface area contributed by atoms with Crippen molar-refractivity contribution in [2.45, 2.75) is 38.3 Å². The van der Waals surface area contributed by atoms with E-state index in [1.807, 2.05) is 42.2 Å². The van der Waals surface area contributed by atoms with Gasteiger partial charge in [-0.1, -0.05) is 30.3 Å². The van der Waals surface area contributed by atoms with Crippen LogP contribution >= 0.6 is 0 Å². The molecule has 0 radical (unpaired) electrons. The number of rotatable bonds is 3. The van der Waals surface area contributed by atoms with Crippen molar-refractivity contribution < 1.29 is 4.79 Å². The number of carbonyl (C=O) groups is 1. The van der Waals surface area contributed by atoms with Crippen LogP contribution in [0.1, 0.15) is 32.3 Å². The van der Waals surface area contributed by atoms with Gasteiger partial charge in [-0.05, 0) is 38.2 Å². The molecule has 110 valence electrons. The van der Waals surface area contributed by atoms with Gasteiger partial charge in [0.05, 0.1) is 0 Å². The smallest absolute Gasteiger partial charge is 0.246 e. The Labute approximate surface area is 121 Å². The maximum absolute atomic E-state index is 12.7. The summed E-state index contributed by atoms with van der Waals surface area (Å²) in [6.07, 6.45) is 1.93. The van der Waals surface area contributed by atoms with E-state index < -0.39 is 5.54 Å². The van der Waals surface area contributed by atoms with E-state index in [2.05, 4.69) is 0 Å². The van der Waals surface area contributed by atoms with Crippen molar-refractivity contribution in [3.8, 4) is 0 Å². The van der Waals surface area contributed by atoms with Crippen LogP contribution in [0.3, 0.4) is 0 Å². The lowest BCUT2D eigenvalue weighted by atomic mass is 9.87. The molecule has 20 heavy (non-hydrogen) atoms. The molecule has 0 aliphatic carbocycles. The summed E-state index contributed by atoms with van der Waals surface area (Å²) >= 11 is 0. The van der Waals surface area contributed by atoms with E-state index in [-0.39, 0.29) is 11.9 Å². The van der Waals surface area contributed by atoms with E-state index in [1.54, 1.807) is 6.92 Å². The Morgan fingerprint density at radius 3 is 2.35 bits per heavy atom. The second kappa shape index (κ2) is 5.94. The van der Waals surface area contributed by atoms with Crippen molar-refractivity contribution in [3.05, 3.63) is 35.9 Å². The van der Waals surface area contributed by atoms with Crippen LogP contribution in [0.5, 0.6) is 0 Å². The number of benzene rings is 1. The van der Waals surface area contributed by atoms with Gasteiger partial charge in [-0.2, -0.15) is 0 Å². The topological polar surface area (TPSA) is 72.3 Å². The zero-order valence-corrected chi connectivity index (χ0v) is 12.4. The molecule has 2 rings (SSSR count). The Hall–Kier alpha value is -1.39. The molecule has 1 amide bonds. The van der Waals surface area contributed by atoms with Crippen LogP contribution in [0.15, 0.2) is 30.3 Å². The van der Waals surface area contributed by atoms with Crippen LogP contribution in [-0.2, 0) is 10.3 Å². The molecule has 0 aromatic heterocycles. The Bertz CT molecular complexity index is 448. The monoisotopic (exact) mass is 275 g/mol. The number of likely N-dealkylation sites (tertiary alicyclic amines) is 1. The lowest BCUT2D eigenvalue weighted by molar-refractivity contribution is -0.138. The molecule has 0 saturated carbocycles. The molecule has 1 saturated heterocycles. The van der Waals surface area contributed by atoms with Crippen LogP contribution in [0.4, 0.5) is 0 Å². The average Bonchev–Trinajstić information content (AvgIpc) is 2.47. The molecule has 2 atom stereocenters. The third kappa shape index (κ3) is 3.02. The van der Waals surface area contributed by atoms with Gasteiger partial charge in [-0.15, -0.1) is 0 Å². The molecule has 1 aromatic carbocycles. The molecule has 4 heteroatoms. The summed E-state index contributed by atoms with van der Waals surface area (Å²) in [4.78, 5) is 14.5. The fraction of sp³-hybridized carbons (Fsp3) is 0.562. The van der Waals surface area contributed by atoms with Gasteiger partial charge in [0.25, 0.3) is 0 Å². The predicted octanol–water partition coefficient (Wildman–Crippen LogP) is 1.45. The fourth-order valence-electron chi connectivity index (χ4n) is 2.86. The molecular formula is C16H25N3O. The van der Waals surface area contributed by atoms with Gasteiger partial charge in [-0.3, -0.25) is 4.79 Å². The quantitative estimate of drug-likeness (QED) is 0.877. The minimum absolute atomic E-state index is 0.00632. The van der Waals surface area contributed by atoms with Crippen LogP contribution in [0.25, 0.3) is 0 Å². The first-order valence-corrected chi connectivity index (χ1v) is 7.32. The normalized spacial score (nSPS) is 21.3. The van der Waals surface area contributed by atoms with Crippen LogP contribution in [0.2, 0.25) is 0 Å². The molecule has 1 aromatic rings. The first kappa shape index (κ1) is 15.0. The minimum atomic E-state index is -0.956. The number of amides is 1. The summed E-state index contributed by atoms with van der Waals surface area (Å²) in [5.74, 6) is 0.520. The van der Waals surface area contributed by atoms with Crippen molar-refractivity contribution in [2.24, 2.45) is 17.4 Å². The van der Waals surface area contributed by atoms with E-state index in [9.17, 15) is 4.79 Å². The first-order valence-electron chi connectivity index (χ1n) is 7.32. The van der Waals surface area contributed by atoms with E-state index in [0.717, 1.165) is 31.5 Å². The van der Waals surface area contributed by atoms with Crippen LogP contribution in [-0.4, -0.2) is 29.9 Å². The number of hydrogen-bond donors (Lipinski definition) is 2. The summed E-state index contributed by atoms with van der Waals surface area (Å²) in [5, 5.41) is 0. The highest BCUT2D eigenvalue weighted by Gasteiger charge is 2.36. The molecular weight excluding hydrogens is 250 g/mol. The molecule has 4 nitrogen and oxygen atoms in total. The van der Waals surface area contributed by atoms with Crippen molar-refractivity contribution in [1.82, 2.24) is 4.90 Å². The van der Waals surface area contributed by atoms with Crippen molar-refractivity contribution in [3.63, 3.8) is 0 Å². The summed E-state index contributed by atoms with van der Waals surface area (Å²) in [6.45, 7) is 5.34. The van der Waals surface area contributed by atoms with Crippen molar-refractivity contribution in [1.29, 1.82) is 0 Å². The van der Waals surface area contributed by atoms with Gasteiger partial charge in [0.15, 0.2) is 0 Å². The van der Waals surface area contributed by atoms with Crippen molar-refractivity contribution >= 4 is 5.91 Å². The number of nitrogens with zero attached hydrogens (tertiary/aromatic N) is 1. The lowest BCUT2D eigenvalue weighted by Crippen LogP contribution is -2.53. The van der Waals surface area contributed by atoms with Crippen LogP contribution in [0, 0.1) is 5.92 Å². The van der Waals surface area contributed by atoms with Crippen molar-refractivity contribution in [2.75, 3.05) is 13.1 Å². The van der Waals surface area contributed by atoms with E-state index in [4.69, 9.17) is 11.5 Å². The Balaban J connectivity index is 2.05. The third-order valence-electron chi connectivity index (χ3n) is 4.39. The average molecular weight is 275 g/mol. The molecule has 1 heterocycles. The number of hydrogen-bond acceptors (Lipinski definition) is 3. The highest BCUT2D eigenvalue weighted by Crippen LogP contribution is 2.25. The zero-order chi connectivity index (χ0) is 14.8. The molecule has 1 fully saturated rings. The summed E-state index contributed by atoms with van der Waals surface area (Å²) in [6, 6.07) is 9.77. The first-order chi connectivity index (χ1) is 9.43. The van der Waals surface area contributed by atoms with Gasteiger partial charge in [0.1, 0.15) is 5.54 Å². The van der Waals surface area contributed by atoms with Gasteiger partial charge in [0.2, 0.25) is 5.91 Å². The highest BCUT2D eigenvalue weighted by atomic mass is 16.2. The van der Waals surface area contributed by atoms with E-state index in [0.29, 0.717) is 5.92 Å². The SMILES string of the molecule is CC(N)C1CCN(C(=O)C(C)(N)c2ccccc2)CC1. The standard InChI is InChI=1S/C16H25N3O/c1-12(17)13-8-10-19(11-9-13)15(20)16(2,18)14-6-4-3-5-7-14/h3-7,12-13H,8-11,17-18H2,1-2H3. The molecule has 1 aliphatic heterocycles. The second-order valence-electron chi connectivity index (χ2n) is 6.06. The van der Waals surface area contributed by atoms with Gasteiger partial charge >= 0.3 is 0 Å².